The fraction of sp³-hybridized carbons (Fsp3) is 0.245. The SMILES string of the molecule is Cc1cccc(S(=O)(=O)N2CCC(c3nc(-c4cc5ccccc5[nH]4)c4c(N)nccn34)CC2)c1.Cn1cnc(S(=O)(=O)N2CCC(c3nc(-c4cc5ccccc5[nH]4)c4c(N)nccn34)CC2)c1. The first kappa shape index (κ1) is 44.1. The maximum absolute atomic E-state index is 13.2. The van der Waals surface area contributed by atoms with Crippen LogP contribution in [0.4, 0.5) is 11.6 Å². The number of nitrogens with one attached hydrogen (secondary N) is 2. The number of rotatable bonds is 8. The summed E-state index contributed by atoms with van der Waals surface area (Å²) in [6.45, 7) is 3.60. The van der Waals surface area contributed by atoms with Crippen molar-refractivity contribution in [1.82, 2.24) is 56.9 Å². The number of aromatic nitrogens is 10. The number of piperidine rings is 2. The van der Waals surface area contributed by atoms with E-state index in [1.165, 1.54) is 16.8 Å². The highest BCUT2D eigenvalue weighted by Gasteiger charge is 2.35. The Hall–Kier alpha value is -7.39. The zero-order valence-corrected chi connectivity index (χ0v) is 39.6. The Labute approximate surface area is 397 Å². The van der Waals surface area contributed by atoms with E-state index in [1.54, 1.807) is 46.5 Å². The number of aryl methyl sites for hydroxylation is 2. The van der Waals surface area contributed by atoms with Crippen LogP contribution >= 0.6 is 0 Å². The van der Waals surface area contributed by atoms with Crippen molar-refractivity contribution in [2.75, 3.05) is 37.6 Å². The lowest BCUT2D eigenvalue weighted by Gasteiger charge is -2.30. The van der Waals surface area contributed by atoms with Gasteiger partial charge in [-0.3, -0.25) is 8.80 Å². The van der Waals surface area contributed by atoms with Crippen LogP contribution in [0.3, 0.4) is 0 Å². The number of anilines is 2. The molecule has 2 aliphatic rings. The normalized spacial score (nSPS) is 15.9. The third-order valence-corrected chi connectivity index (χ3v) is 17.0. The zero-order valence-electron chi connectivity index (χ0n) is 37.9. The molecule has 0 unspecified atom stereocenters. The average molecular weight is 963 g/mol. The van der Waals surface area contributed by atoms with E-state index in [0.717, 1.165) is 72.8 Å². The summed E-state index contributed by atoms with van der Waals surface area (Å²) in [5, 5.41) is 2.28. The maximum atomic E-state index is 13.2. The Morgan fingerprint density at radius 2 is 1.10 bits per heavy atom. The van der Waals surface area contributed by atoms with Gasteiger partial charge in [-0.15, -0.1) is 0 Å². The molecule has 0 spiro atoms. The first-order chi connectivity index (χ1) is 33.3. The van der Waals surface area contributed by atoms with Gasteiger partial charge >= 0.3 is 0 Å². The number of imidazole rings is 3. The van der Waals surface area contributed by atoms with Crippen molar-refractivity contribution in [1.29, 1.82) is 0 Å². The molecule has 3 aromatic carbocycles. The molecule has 9 heterocycles. The van der Waals surface area contributed by atoms with Crippen molar-refractivity contribution in [3.8, 4) is 22.8 Å². The van der Waals surface area contributed by atoms with Crippen LogP contribution < -0.4 is 11.5 Å². The monoisotopic (exact) mass is 962 g/mol. The minimum Gasteiger partial charge on any atom is -0.382 e. The van der Waals surface area contributed by atoms with E-state index in [4.69, 9.17) is 21.4 Å². The summed E-state index contributed by atoms with van der Waals surface area (Å²) in [6, 6.07) is 27.4. The van der Waals surface area contributed by atoms with E-state index < -0.39 is 20.0 Å². The summed E-state index contributed by atoms with van der Waals surface area (Å²) in [6.07, 6.45) is 12.8. The number of H-pyrrole nitrogens is 2. The summed E-state index contributed by atoms with van der Waals surface area (Å²) in [5.74, 6) is 2.77. The molecule has 0 saturated carbocycles. The molecule has 69 heavy (non-hydrogen) atoms. The molecule has 352 valence electrons. The molecule has 2 saturated heterocycles. The molecule has 20 heteroatoms. The largest absolute Gasteiger partial charge is 0.382 e. The summed E-state index contributed by atoms with van der Waals surface area (Å²) in [5.41, 5.74) is 20.4. The van der Waals surface area contributed by atoms with Crippen LogP contribution in [0, 0.1) is 6.92 Å². The molecule has 2 fully saturated rings. The quantitative estimate of drug-likeness (QED) is 0.120. The minimum atomic E-state index is -3.61. The van der Waals surface area contributed by atoms with Crippen molar-refractivity contribution >= 4 is 64.5 Å². The Morgan fingerprint density at radius 3 is 1.57 bits per heavy atom. The van der Waals surface area contributed by atoms with Crippen LogP contribution in [0.1, 0.15) is 54.7 Å². The Bertz CT molecular complexity index is 3710. The second-order valence-corrected chi connectivity index (χ2v) is 21.6. The highest BCUT2D eigenvalue weighted by Crippen LogP contribution is 2.38. The zero-order chi connectivity index (χ0) is 47.6. The molecular formula is C49H50N14O4S2. The molecule has 0 amide bonds. The van der Waals surface area contributed by atoms with Crippen molar-refractivity contribution in [3.63, 3.8) is 0 Å². The smallest absolute Gasteiger partial charge is 0.262 e. The summed E-state index contributed by atoms with van der Waals surface area (Å²) < 4.78 is 61.1. The Morgan fingerprint density at radius 1 is 0.609 bits per heavy atom. The Balaban J connectivity index is 0.000000151. The van der Waals surface area contributed by atoms with E-state index in [1.807, 2.05) is 76.6 Å². The predicted octanol–water partition coefficient (Wildman–Crippen LogP) is 7.10. The predicted molar refractivity (Wildman–Crippen MR) is 265 cm³/mol. The minimum absolute atomic E-state index is 0.0830. The first-order valence-corrected chi connectivity index (χ1v) is 25.7. The molecule has 0 atom stereocenters. The Kier molecular flexibility index (Phi) is 11.1. The first-order valence-electron chi connectivity index (χ1n) is 22.8. The lowest BCUT2D eigenvalue weighted by Crippen LogP contribution is -2.38. The summed E-state index contributed by atoms with van der Waals surface area (Å²) >= 11 is 0. The highest BCUT2D eigenvalue weighted by molar-refractivity contribution is 7.89. The topological polar surface area (TPSA) is 237 Å². The van der Waals surface area contributed by atoms with Crippen molar-refractivity contribution < 1.29 is 16.8 Å². The van der Waals surface area contributed by atoms with Crippen LogP contribution in [-0.4, -0.2) is 99.9 Å². The number of hydrogen-bond donors (Lipinski definition) is 4. The molecule has 6 N–H and O–H groups in total. The second-order valence-electron chi connectivity index (χ2n) is 17.8. The van der Waals surface area contributed by atoms with Gasteiger partial charge in [-0.1, -0.05) is 48.5 Å². The van der Waals surface area contributed by atoms with Gasteiger partial charge in [0, 0.05) is 97.9 Å². The number of benzene rings is 3. The van der Waals surface area contributed by atoms with Gasteiger partial charge in [0.15, 0.2) is 5.03 Å². The fourth-order valence-electron chi connectivity index (χ4n) is 9.82. The van der Waals surface area contributed by atoms with Crippen LogP contribution in [0.15, 0.2) is 132 Å². The molecule has 7 aromatic heterocycles. The van der Waals surface area contributed by atoms with Gasteiger partial charge in [0.2, 0.25) is 10.0 Å². The standard InChI is InChI=1S/C26H26N6O2S.C23H24N8O2S/c1-17-5-4-7-20(15-17)35(33,34)31-12-9-18(10-13-31)26-30-23(24-25(27)28-11-14-32(24)26)22-16-19-6-2-3-8-21(19)29-22;1-29-13-19(26-14-29)34(32,33)30-9-6-15(7-10-30)23-28-20(21-22(24)25-8-11-31(21)23)18-12-16-4-2-3-5-17(16)27-18/h2-8,11,14-16,18,29H,9-10,12-13H2,1H3,(H2,27,28);2-5,8,11-15,27H,6-7,9-10H2,1H3,(H2,24,25). The van der Waals surface area contributed by atoms with Crippen LogP contribution in [0.5, 0.6) is 0 Å². The van der Waals surface area contributed by atoms with Gasteiger partial charge in [-0.25, -0.2) is 41.8 Å². The van der Waals surface area contributed by atoms with Crippen LogP contribution in [0.25, 0.3) is 55.6 Å². The van der Waals surface area contributed by atoms with Crippen LogP contribution in [0.2, 0.25) is 0 Å². The van der Waals surface area contributed by atoms with E-state index in [9.17, 15) is 16.8 Å². The lowest BCUT2D eigenvalue weighted by atomic mass is 9.97. The molecule has 0 radical (unpaired) electrons. The van der Waals surface area contributed by atoms with Crippen molar-refractivity contribution in [2.45, 2.75) is 54.4 Å². The molecule has 0 bridgehead atoms. The summed E-state index contributed by atoms with van der Waals surface area (Å²) in [4.78, 5) is 29.9. The number of para-hydroxylation sites is 2. The number of nitrogen functional groups attached to an aromatic ring is 2. The van der Waals surface area contributed by atoms with Crippen LogP contribution in [-0.2, 0) is 27.1 Å². The number of nitrogens with zero attached hydrogens (tertiary/aromatic N) is 10. The van der Waals surface area contributed by atoms with Crippen molar-refractivity contribution in [3.05, 3.63) is 139 Å². The molecule has 0 aliphatic carbocycles. The summed E-state index contributed by atoms with van der Waals surface area (Å²) in [7, 11) is -5.37. The number of hydrogen-bond acceptors (Lipinski definition) is 11. The van der Waals surface area contributed by atoms with Gasteiger partial charge in [0.25, 0.3) is 10.0 Å². The second kappa shape index (κ2) is 17.3. The van der Waals surface area contributed by atoms with Gasteiger partial charge in [-0.2, -0.15) is 8.61 Å². The van der Waals surface area contributed by atoms with E-state index in [0.29, 0.717) is 68.4 Å². The maximum Gasteiger partial charge on any atom is 0.262 e. The third kappa shape index (κ3) is 7.97. The van der Waals surface area contributed by atoms with Gasteiger partial charge in [0.1, 0.15) is 45.7 Å². The fourth-order valence-corrected chi connectivity index (χ4v) is 12.8. The highest BCUT2D eigenvalue weighted by atomic mass is 32.2. The van der Waals surface area contributed by atoms with E-state index in [-0.39, 0.29) is 16.9 Å². The van der Waals surface area contributed by atoms with Gasteiger partial charge in [0.05, 0.1) is 22.6 Å². The van der Waals surface area contributed by atoms with Gasteiger partial charge in [-0.05, 0) is 74.6 Å². The number of sulfonamides is 2. The third-order valence-electron chi connectivity index (χ3n) is 13.3. The number of fused-ring (bicyclic) bond motifs is 4. The number of nitrogens with two attached hydrogens (primary N) is 2. The molecule has 2 aliphatic heterocycles. The lowest BCUT2D eigenvalue weighted by molar-refractivity contribution is 0.312. The molecular weight excluding hydrogens is 913 g/mol. The van der Waals surface area contributed by atoms with E-state index >= 15 is 0 Å². The van der Waals surface area contributed by atoms with Gasteiger partial charge < -0.3 is 26.0 Å². The molecule has 12 rings (SSSR count). The molecule has 18 nitrogen and oxygen atoms in total. The molecule has 10 aromatic rings. The number of aromatic amines is 2. The average Bonchev–Trinajstić information content (AvgIpc) is 4.21. The van der Waals surface area contributed by atoms with E-state index in [2.05, 4.69) is 43.1 Å². The van der Waals surface area contributed by atoms with Crippen molar-refractivity contribution in [2.24, 2.45) is 7.05 Å².